The van der Waals surface area contributed by atoms with Crippen LogP contribution in [-0.4, -0.2) is 39.9 Å². The van der Waals surface area contributed by atoms with E-state index in [0.29, 0.717) is 29.1 Å². The van der Waals surface area contributed by atoms with Gasteiger partial charge in [0.05, 0.1) is 18.5 Å². The number of ketones is 1. The highest BCUT2D eigenvalue weighted by molar-refractivity contribution is 8.00. The van der Waals surface area contributed by atoms with Crippen LogP contribution < -0.4 is 0 Å². The summed E-state index contributed by atoms with van der Waals surface area (Å²) < 4.78 is 19.9. The van der Waals surface area contributed by atoms with Crippen LogP contribution in [0.15, 0.2) is 35.7 Å². The van der Waals surface area contributed by atoms with Crippen LogP contribution in [0.2, 0.25) is 0 Å². The summed E-state index contributed by atoms with van der Waals surface area (Å²) in [6.07, 6.45) is 4.08. The van der Waals surface area contributed by atoms with Gasteiger partial charge in [-0.25, -0.2) is 4.39 Å². The number of carbonyl (C=O) groups excluding carboxylic acids is 2. The van der Waals surface area contributed by atoms with Crippen molar-refractivity contribution in [2.45, 2.75) is 83.5 Å². The summed E-state index contributed by atoms with van der Waals surface area (Å²) in [5, 5.41) is 21.3. The van der Waals surface area contributed by atoms with E-state index in [1.165, 1.54) is 23.9 Å². The van der Waals surface area contributed by atoms with Crippen molar-refractivity contribution in [2.24, 2.45) is 39.4 Å². The molecule has 5 nitrogen and oxygen atoms in total. The number of Topliss-reactive ketones (excluding diaryl/α,β-unsaturated/α-hetero) is 1. The molecule has 4 fully saturated rings. The van der Waals surface area contributed by atoms with Crippen LogP contribution in [0.5, 0.6) is 0 Å². The fourth-order valence-corrected chi connectivity index (χ4v) is 9.98. The van der Waals surface area contributed by atoms with E-state index in [4.69, 9.17) is 4.74 Å². The molecule has 0 aliphatic heterocycles. The molecular formula is C30H39FO5S. The molecule has 4 aliphatic rings. The Bertz CT molecular complexity index is 1140. The minimum absolute atomic E-state index is 0.00827. The molecule has 1 aromatic carbocycles. The zero-order valence-electron chi connectivity index (χ0n) is 22.3. The van der Waals surface area contributed by atoms with Crippen LogP contribution in [0.25, 0.3) is 0 Å². The van der Waals surface area contributed by atoms with Gasteiger partial charge in [-0.15, -0.1) is 18.3 Å². The zero-order valence-corrected chi connectivity index (χ0v) is 23.1. The molecule has 2 N–H and O–H groups in total. The number of hydrogen-bond donors (Lipinski definition) is 2. The number of thioether (sulfide) groups is 1. The Hall–Kier alpha value is -1.70. The van der Waals surface area contributed by atoms with Crippen molar-refractivity contribution in [3.05, 3.63) is 42.2 Å². The predicted octanol–water partition coefficient (Wildman–Crippen LogP) is 5.32. The standard InChI is InChI=1S/C30H39FO5S/c1-6-27(4)13-23(36-24(34)15-37-21-8-7-20(31)11-19(21)14-32)28(5)17(2)12-30-16-29(26(28)30,10-9-22(30)33)18(3)25(27)35/h6-8,11,17-18,23,25-26,32,35H,1,9-10,12-16H2,2-5H3/t17?,18-,23+,25-,26?,27+,28-,29?,30?/m0/s1. The van der Waals surface area contributed by atoms with Gasteiger partial charge >= 0.3 is 5.97 Å². The second kappa shape index (κ2) is 8.92. The highest BCUT2D eigenvalue weighted by Crippen LogP contribution is 2.82. The summed E-state index contributed by atoms with van der Waals surface area (Å²) >= 11 is 1.22. The lowest BCUT2D eigenvalue weighted by Crippen LogP contribution is -2.71. The Morgan fingerprint density at radius 2 is 2.03 bits per heavy atom. The van der Waals surface area contributed by atoms with E-state index in [2.05, 4.69) is 27.4 Å². The SMILES string of the molecule is C=C[C@]1(C)C[C@@H](OC(=O)CSc2ccc(F)cc2CO)[C@]2(C)C(C)CC34CC(CCC3=O)(C42)[C@@H](C)[C@@H]1O. The summed E-state index contributed by atoms with van der Waals surface area (Å²) in [4.78, 5) is 27.3. The van der Waals surface area contributed by atoms with Crippen LogP contribution in [0, 0.1) is 45.2 Å². The molecule has 2 bridgehead atoms. The number of aliphatic hydroxyl groups excluding tert-OH is 2. The van der Waals surface area contributed by atoms with Gasteiger partial charge in [-0.05, 0) is 72.6 Å². The van der Waals surface area contributed by atoms with Crippen LogP contribution in [0.3, 0.4) is 0 Å². The van der Waals surface area contributed by atoms with Crippen LogP contribution in [0.4, 0.5) is 4.39 Å². The lowest BCUT2D eigenvalue weighted by Gasteiger charge is -2.71. The first-order valence-electron chi connectivity index (χ1n) is 13.4. The lowest BCUT2D eigenvalue weighted by atomic mass is 9.32. The molecule has 37 heavy (non-hydrogen) atoms. The molecule has 0 aromatic heterocycles. The molecule has 2 spiro atoms. The first-order valence-corrected chi connectivity index (χ1v) is 14.4. The van der Waals surface area contributed by atoms with Gasteiger partial charge in [0.1, 0.15) is 17.7 Å². The Balaban J connectivity index is 1.47. The molecule has 4 aliphatic carbocycles. The number of rotatable bonds is 6. The third kappa shape index (κ3) is 3.63. The molecule has 7 heteroatoms. The maximum Gasteiger partial charge on any atom is 0.316 e. The molecular weight excluding hydrogens is 491 g/mol. The minimum Gasteiger partial charge on any atom is -0.461 e. The van der Waals surface area contributed by atoms with E-state index >= 15 is 0 Å². The smallest absolute Gasteiger partial charge is 0.316 e. The molecule has 4 saturated carbocycles. The fourth-order valence-electron chi connectivity index (χ4n) is 9.16. The Kier molecular flexibility index (Phi) is 6.48. The van der Waals surface area contributed by atoms with Crippen LogP contribution >= 0.6 is 11.8 Å². The number of hydrogen-bond acceptors (Lipinski definition) is 6. The van der Waals surface area contributed by atoms with Crippen LogP contribution in [0.1, 0.15) is 65.4 Å². The molecule has 0 amide bonds. The number of ether oxygens (including phenoxy) is 1. The van der Waals surface area contributed by atoms with Crippen molar-refractivity contribution < 1.29 is 28.9 Å². The second-order valence-corrected chi connectivity index (χ2v) is 13.7. The first-order chi connectivity index (χ1) is 17.4. The third-order valence-corrected chi connectivity index (χ3v) is 12.2. The lowest BCUT2D eigenvalue weighted by molar-refractivity contribution is -0.257. The van der Waals surface area contributed by atoms with Crippen LogP contribution in [-0.2, 0) is 20.9 Å². The van der Waals surface area contributed by atoms with E-state index in [0.717, 1.165) is 19.3 Å². The first kappa shape index (κ1) is 26.9. The van der Waals surface area contributed by atoms with Gasteiger partial charge in [0.15, 0.2) is 0 Å². The highest BCUT2D eigenvalue weighted by atomic mass is 32.2. The molecule has 5 rings (SSSR count). The van der Waals surface area contributed by atoms with Gasteiger partial charge in [0.25, 0.3) is 0 Å². The zero-order chi connectivity index (χ0) is 27.0. The summed E-state index contributed by atoms with van der Waals surface area (Å²) in [6, 6.07) is 4.15. The average molecular weight is 531 g/mol. The number of benzene rings is 1. The maximum absolute atomic E-state index is 13.6. The fraction of sp³-hybridized carbons (Fsp3) is 0.667. The van der Waals surface area contributed by atoms with Crippen molar-refractivity contribution in [3.8, 4) is 0 Å². The van der Waals surface area contributed by atoms with Gasteiger partial charge in [0, 0.05) is 27.6 Å². The van der Waals surface area contributed by atoms with E-state index in [1.807, 2.05) is 13.0 Å². The second-order valence-electron chi connectivity index (χ2n) is 12.7. The summed E-state index contributed by atoms with van der Waals surface area (Å²) in [6.45, 7) is 12.3. The summed E-state index contributed by atoms with van der Waals surface area (Å²) in [5.41, 5.74) is -1.14. The molecule has 0 saturated heterocycles. The molecule has 9 atom stereocenters. The molecule has 1 aromatic rings. The van der Waals surface area contributed by atoms with Gasteiger partial charge in [-0.2, -0.15) is 0 Å². The van der Waals surface area contributed by atoms with E-state index in [1.54, 1.807) is 6.07 Å². The quantitative estimate of drug-likeness (QED) is 0.294. The van der Waals surface area contributed by atoms with Crippen molar-refractivity contribution in [3.63, 3.8) is 0 Å². The average Bonchev–Trinajstić information content (AvgIpc) is 3.05. The molecule has 4 unspecified atom stereocenters. The third-order valence-electron chi connectivity index (χ3n) is 11.2. The largest absolute Gasteiger partial charge is 0.461 e. The topological polar surface area (TPSA) is 83.8 Å². The monoisotopic (exact) mass is 530 g/mol. The summed E-state index contributed by atoms with van der Waals surface area (Å²) in [7, 11) is 0. The summed E-state index contributed by atoms with van der Waals surface area (Å²) in [5.74, 6) is -0.201. The van der Waals surface area contributed by atoms with Crippen molar-refractivity contribution in [1.29, 1.82) is 0 Å². The van der Waals surface area contributed by atoms with Crippen molar-refractivity contribution in [1.82, 2.24) is 0 Å². The van der Waals surface area contributed by atoms with Gasteiger partial charge in [-0.1, -0.05) is 33.8 Å². The van der Waals surface area contributed by atoms with E-state index in [9.17, 15) is 24.2 Å². The van der Waals surface area contributed by atoms with Crippen molar-refractivity contribution in [2.75, 3.05) is 5.75 Å². The van der Waals surface area contributed by atoms with Gasteiger partial charge in [-0.3, -0.25) is 9.59 Å². The number of aliphatic hydroxyl groups is 2. The number of carbonyl (C=O) groups is 2. The molecule has 202 valence electrons. The Morgan fingerprint density at radius 1 is 1.30 bits per heavy atom. The normalized spacial score (nSPS) is 44.3. The van der Waals surface area contributed by atoms with Gasteiger partial charge < -0.3 is 14.9 Å². The number of halogens is 1. The van der Waals surface area contributed by atoms with E-state index < -0.39 is 34.8 Å². The van der Waals surface area contributed by atoms with Gasteiger partial charge in [0.2, 0.25) is 0 Å². The van der Waals surface area contributed by atoms with E-state index in [-0.39, 0.29) is 40.9 Å². The Morgan fingerprint density at radius 3 is 2.70 bits per heavy atom. The highest BCUT2D eigenvalue weighted by Gasteiger charge is 2.81. The molecule has 0 heterocycles. The Labute approximate surface area is 223 Å². The molecule has 0 radical (unpaired) electrons. The number of esters is 1. The predicted molar refractivity (Wildman–Crippen MR) is 140 cm³/mol. The van der Waals surface area contributed by atoms with Crippen molar-refractivity contribution >= 4 is 23.5 Å². The minimum atomic E-state index is -0.654. The maximum atomic E-state index is 13.6.